The van der Waals surface area contributed by atoms with E-state index < -0.39 is 23.9 Å². The first kappa shape index (κ1) is 19.5. The number of aromatic nitrogens is 1. The second-order valence-corrected chi connectivity index (χ2v) is 7.06. The molecule has 144 valence electrons. The number of amides is 2. The molecular formula is C20H19N3O4S. The molecule has 1 atom stereocenters. The van der Waals surface area contributed by atoms with Gasteiger partial charge in [0.2, 0.25) is 0 Å². The zero-order chi connectivity index (χ0) is 20.1. The first-order valence-electron chi connectivity index (χ1n) is 8.66. The lowest BCUT2D eigenvalue weighted by Gasteiger charge is -2.13. The molecule has 0 spiro atoms. The maximum atomic E-state index is 12.2. The number of fused-ring (bicyclic) bond motifs is 1. The van der Waals surface area contributed by atoms with Gasteiger partial charge < -0.3 is 15.8 Å². The maximum Gasteiger partial charge on any atom is 0.306 e. The van der Waals surface area contributed by atoms with Crippen molar-refractivity contribution < 1.29 is 19.1 Å². The van der Waals surface area contributed by atoms with Crippen LogP contribution in [0.15, 0.2) is 47.8 Å². The highest BCUT2D eigenvalue weighted by atomic mass is 32.1. The van der Waals surface area contributed by atoms with Gasteiger partial charge in [-0.25, -0.2) is 0 Å². The minimum absolute atomic E-state index is 0.106. The van der Waals surface area contributed by atoms with Crippen LogP contribution in [0.2, 0.25) is 0 Å². The van der Waals surface area contributed by atoms with E-state index in [2.05, 4.69) is 10.3 Å². The summed E-state index contributed by atoms with van der Waals surface area (Å²) in [6, 6.07) is 13.1. The van der Waals surface area contributed by atoms with Gasteiger partial charge in [0.15, 0.2) is 6.10 Å². The van der Waals surface area contributed by atoms with E-state index in [0.717, 1.165) is 16.6 Å². The minimum atomic E-state index is -1.00. The Bertz CT molecular complexity index is 1030. The highest BCUT2D eigenvalue weighted by molar-refractivity contribution is 7.14. The van der Waals surface area contributed by atoms with Crippen LogP contribution in [0.1, 0.15) is 29.4 Å². The van der Waals surface area contributed by atoms with E-state index in [-0.39, 0.29) is 12.0 Å². The molecule has 8 heteroatoms. The summed E-state index contributed by atoms with van der Waals surface area (Å²) in [5.74, 6) is -1.66. The lowest BCUT2D eigenvalue weighted by Crippen LogP contribution is -2.30. The molecule has 2 aromatic heterocycles. The van der Waals surface area contributed by atoms with Crippen molar-refractivity contribution in [2.75, 3.05) is 5.32 Å². The number of esters is 1. The molecule has 0 saturated heterocycles. The van der Waals surface area contributed by atoms with Crippen molar-refractivity contribution in [3.05, 3.63) is 59.1 Å². The number of carbonyl (C=O) groups excluding carboxylic acids is 3. The van der Waals surface area contributed by atoms with Crippen LogP contribution < -0.4 is 11.1 Å². The van der Waals surface area contributed by atoms with Crippen molar-refractivity contribution in [1.29, 1.82) is 0 Å². The van der Waals surface area contributed by atoms with Crippen molar-refractivity contribution in [3.63, 3.8) is 0 Å². The molecule has 1 unspecified atom stereocenters. The standard InChI is InChI=1S/C20H19N3O4S/c1-12(19(26)23-20-15(18(21)25)10-11-28-20)27-17(24)9-8-14-7-6-13-4-2-3-5-16(13)22-14/h2-7,10-12H,8-9H2,1H3,(H2,21,25)(H,23,26). The zero-order valence-electron chi connectivity index (χ0n) is 15.2. The van der Waals surface area contributed by atoms with Gasteiger partial charge in [-0.15, -0.1) is 11.3 Å². The predicted molar refractivity (Wildman–Crippen MR) is 107 cm³/mol. The van der Waals surface area contributed by atoms with E-state index >= 15 is 0 Å². The van der Waals surface area contributed by atoms with E-state index in [9.17, 15) is 14.4 Å². The first-order valence-corrected chi connectivity index (χ1v) is 9.54. The molecule has 3 rings (SSSR count). The molecule has 0 aliphatic carbocycles. The molecule has 2 amide bonds. The Hall–Kier alpha value is -3.26. The van der Waals surface area contributed by atoms with Gasteiger partial charge in [-0.3, -0.25) is 19.4 Å². The van der Waals surface area contributed by atoms with Crippen LogP contribution in [0.3, 0.4) is 0 Å². The Morgan fingerprint density at radius 1 is 1.18 bits per heavy atom. The number of thiophene rings is 1. The molecule has 28 heavy (non-hydrogen) atoms. The van der Waals surface area contributed by atoms with Gasteiger partial charge in [-0.2, -0.15) is 0 Å². The molecule has 7 nitrogen and oxygen atoms in total. The number of aryl methyl sites for hydroxylation is 1. The maximum absolute atomic E-state index is 12.2. The molecule has 0 saturated carbocycles. The third-order valence-electron chi connectivity index (χ3n) is 4.09. The Labute approximate surface area is 165 Å². The lowest BCUT2D eigenvalue weighted by atomic mass is 10.1. The molecule has 3 N–H and O–H groups in total. The minimum Gasteiger partial charge on any atom is -0.453 e. The van der Waals surface area contributed by atoms with Crippen LogP contribution in [-0.2, 0) is 20.7 Å². The fourth-order valence-electron chi connectivity index (χ4n) is 2.60. The van der Waals surface area contributed by atoms with Crippen LogP contribution in [0.5, 0.6) is 0 Å². The summed E-state index contributed by atoms with van der Waals surface area (Å²) in [5.41, 5.74) is 7.11. The van der Waals surface area contributed by atoms with E-state index in [1.54, 1.807) is 5.38 Å². The largest absolute Gasteiger partial charge is 0.453 e. The molecule has 0 aliphatic heterocycles. The Balaban J connectivity index is 1.52. The summed E-state index contributed by atoms with van der Waals surface area (Å²) < 4.78 is 5.18. The molecule has 0 bridgehead atoms. The van der Waals surface area contributed by atoms with Crippen molar-refractivity contribution in [2.24, 2.45) is 5.73 Å². The molecule has 1 aromatic carbocycles. The lowest BCUT2D eigenvalue weighted by molar-refractivity contribution is -0.153. The zero-order valence-corrected chi connectivity index (χ0v) is 16.0. The van der Waals surface area contributed by atoms with Crippen molar-refractivity contribution in [1.82, 2.24) is 4.98 Å². The molecule has 3 aromatic rings. The van der Waals surface area contributed by atoms with Crippen molar-refractivity contribution in [2.45, 2.75) is 25.9 Å². The number of hydrogen-bond donors (Lipinski definition) is 2. The highest BCUT2D eigenvalue weighted by Crippen LogP contribution is 2.23. The number of ether oxygens (including phenoxy) is 1. The summed E-state index contributed by atoms with van der Waals surface area (Å²) in [5, 5.41) is 5.57. The summed E-state index contributed by atoms with van der Waals surface area (Å²) in [4.78, 5) is 40.1. The number of hydrogen-bond acceptors (Lipinski definition) is 6. The number of rotatable bonds is 7. The van der Waals surface area contributed by atoms with E-state index in [4.69, 9.17) is 10.5 Å². The fourth-order valence-corrected chi connectivity index (χ4v) is 3.40. The number of pyridine rings is 1. The molecule has 0 radical (unpaired) electrons. The molecule has 0 aliphatic rings. The van der Waals surface area contributed by atoms with Gasteiger partial charge in [0, 0.05) is 17.5 Å². The van der Waals surface area contributed by atoms with E-state index in [0.29, 0.717) is 11.4 Å². The molecular weight excluding hydrogens is 378 g/mol. The monoisotopic (exact) mass is 397 g/mol. The number of para-hydroxylation sites is 1. The topological polar surface area (TPSA) is 111 Å². The third-order valence-corrected chi connectivity index (χ3v) is 4.92. The molecule has 0 fully saturated rings. The van der Waals surface area contributed by atoms with Crippen LogP contribution in [-0.4, -0.2) is 28.9 Å². The quantitative estimate of drug-likeness (QED) is 0.596. The number of benzene rings is 1. The van der Waals surface area contributed by atoms with Gasteiger partial charge in [0.25, 0.3) is 11.8 Å². The summed E-state index contributed by atoms with van der Waals surface area (Å²) in [6.45, 7) is 1.47. The Morgan fingerprint density at radius 3 is 2.75 bits per heavy atom. The van der Waals surface area contributed by atoms with Crippen LogP contribution in [0, 0.1) is 0 Å². The average molecular weight is 397 g/mol. The number of carbonyl (C=O) groups is 3. The van der Waals surface area contributed by atoms with Gasteiger partial charge in [0.05, 0.1) is 17.5 Å². The van der Waals surface area contributed by atoms with E-state index in [1.807, 2.05) is 36.4 Å². The van der Waals surface area contributed by atoms with Crippen LogP contribution in [0.25, 0.3) is 10.9 Å². The smallest absolute Gasteiger partial charge is 0.306 e. The van der Waals surface area contributed by atoms with Gasteiger partial charge in [-0.1, -0.05) is 24.3 Å². The van der Waals surface area contributed by atoms with E-state index in [1.165, 1.54) is 24.3 Å². The summed E-state index contributed by atoms with van der Waals surface area (Å²) in [6.07, 6.45) is -0.483. The second kappa shape index (κ2) is 8.62. The van der Waals surface area contributed by atoms with Crippen LogP contribution in [0.4, 0.5) is 5.00 Å². The predicted octanol–water partition coefficient (Wildman–Crippen LogP) is 2.90. The Kier molecular flexibility index (Phi) is 6.00. The van der Waals surface area contributed by atoms with Gasteiger partial charge in [-0.05, 0) is 30.5 Å². The van der Waals surface area contributed by atoms with Crippen molar-refractivity contribution in [3.8, 4) is 0 Å². The second-order valence-electron chi connectivity index (χ2n) is 6.14. The summed E-state index contributed by atoms with van der Waals surface area (Å²) >= 11 is 1.17. The number of nitrogens with one attached hydrogen (secondary N) is 1. The summed E-state index contributed by atoms with van der Waals surface area (Å²) in [7, 11) is 0. The first-order chi connectivity index (χ1) is 13.4. The third kappa shape index (κ3) is 4.72. The van der Waals surface area contributed by atoms with Crippen molar-refractivity contribution >= 4 is 45.0 Å². The normalized spacial score (nSPS) is 11.8. The highest BCUT2D eigenvalue weighted by Gasteiger charge is 2.20. The van der Waals surface area contributed by atoms with Gasteiger partial charge >= 0.3 is 5.97 Å². The average Bonchev–Trinajstić information content (AvgIpc) is 3.14. The fraction of sp³-hybridized carbons (Fsp3) is 0.200. The SMILES string of the molecule is CC(OC(=O)CCc1ccc2ccccc2n1)C(=O)Nc1sccc1C(N)=O. The number of anilines is 1. The number of primary amides is 1. The number of nitrogens with zero attached hydrogens (tertiary/aromatic N) is 1. The number of nitrogens with two attached hydrogens (primary N) is 1. The Morgan fingerprint density at radius 2 is 1.96 bits per heavy atom. The van der Waals surface area contributed by atoms with Gasteiger partial charge in [0.1, 0.15) is 5.00 Å². The van der Waals surface area contributed by atoms with Crippen LogP contribution >= 0.6 is 11.3 Å². The molecule has 2 heterocycles.